The number of amides is 1. The van der Waals surface area contributed by atoms with Crippen LogP contribution in [-0.2, 0) is 11.2 Å². The predicted molar refractivity (Wildman–Crippen MR) is 76.7 cm³/mol. The highest BCUT2D eigenvalue weighted by Gasteiger charge is 2.13. The second-order valence-corrected chi connectivity index (χ2v) is 5.05. The van der Waals surface area contributed by atoms with E-state index in [1.807, 2.05) is 12.1 Å². The summed E-state index contributed by atoms with van der Waals surface area (Å²) < 4.78 is 5.82. The molecule has 0 spiro atoms. The summed E-state index contributed by atoms with van der Waals surface area (Å²) in [5.41, 5.74) is 2.46. The lowest BCUT2D eigenvalue weighted by Crippen LogP contribution is -2.21. The van der Waals surface area contributed by atoms with Crippen molar-refractivity contribution in [1.82, 2.24) is 4.90 Å². The van der Waals surface area contributed by atoms with E-state index in [1.54, 1.807) is 19.0 Å². The maximum atomic E-state index is 11.4. The normalized spacial score (nSPS) is 13.4. The van der Waals surface area contributed by atoms with Crippen molar-refractivity contribution in [3.63, 3.8) is 0 Å². The van der Waals surface area contributed by atoms with E-state index in [1.165, 1.54) is 11.3 Å². The first kappa shape index (κ1) is 13.7. The Bertz CT molecular complexity index is 444. The van der Waals surface area contributed by atoms with Crippen molar-refractivity contribution in [1.29, 1.82) is 0 Å². The fourth-order valence-electron chi connectivity index (χ4n) is 2.24. The number of benzene rings is 1. The number of ether oxygens (including phenoxy) is 1. The summed E-state index contributed by atoms with van der Waals surface area (Å²) in [5, 5.41) is 3.39. The molecule has 4 heteroatoms. The van der Waals surface area contributed by atoms with Gasteiger partial charge in [0.1, 0.15) is 5.75 Å². The van der Waals surface area contributed by atoms with Crippen LogP contribution in [0, 0.1) is 0 Å². The third-order valence-corrected chi connectivity index (χ3v) is 3.34. The van der Waals surface area contributed by atoms with E-state index in [2.05, 4.69) is 11.4 Å². The average molecular weight is 262 g/mol. The molecule has 0 saturated carbocycles. The topological polar surface area (TPSA) is 41.6 Å². The Labute approximate surface area is 114 Å². The molecule has 0 aromatic heterocycles. The molecule has 0 saturated heterocycles. The zero-order chi connectivity index (χ0) is 13.7. The third-order valence-electron chi connectivity index (χ3n) is 3.34. The number of carbonyl (C=O) groups is 1. The minimum absolute atomic E-state index is 0.153. The summed E-state index contributed by atoms with van der Waals surface area (Å²) >= 11 is 0. The van der Waals surface area contributed by atoms with Crippen LogP contribution in [0.1, 0.15) is 24.8 Å². The van der Waals surface area contributed by atoms with Gasteiger partial charge in [0, 0.05) is 38.3 Å². The van der Waals surface area contributed by atoms with Crippen LogP contribution < -0.4 is 10.1 Å². The van der Waals surface area contributed by atoms with Gasteiger partial charge in [0.15, 0.2) is 0 Å². The van der Waals surface area contributed by atoms with Gasteiger partial charge in [0.05, 0.1) is 6.61 Å². The maximum absolute atomic E-state index is 11.4. The summed E-state index contributed by atoms with van der Waals surface area (Å²) in [6.07, 6.45) is 3.51. The Hall–Kier alpha value is -1.71. The van der Waals surface area contributed by atoms with E-state index in [9.17, 15) is 4.79 Å². The molecule has 1 amide bonds. The number of hydrogen-bond acceptors (Lipinski definition) is 3. The highest BCUT2D eigenvalue weighted by Crippen LogP contribution is 2.30. The number of carbonyl (C=O) groups excluding carboxylic acids is 1. The van der Waals surface area contributed by atoms with Crippen LogP contribution in [0.25, 0.3) is 0 Å². The fraction of sp³-hybridized carbons (Fsp3) is 0.533. The SMILES string of the molecule is CN(C)C(=O)CCCOc1cccc2c1CCCN2. The van der Waals surface area contributed by atoms with E-state index in [0.29, 0.717) is 13.0 Å². The molecule has 0 bridgehead atoms. The number of fused-ring (bicyclic) bond motifs is 1. The molecule has 0 atom stereocenters. The van der Waals surface area contributed by atoms with Gasteiger partial charge in [-0.3, -0.25) is 4.79 Å². The summed E-state index contributed by atoms with van der Waals surface area (Å²) in [6, 6.07) is 6.12. The van der Waals surface area contributed by atoms with Gasteiger partial charge >= 0.3 is 0 Å². The molecular weight excluding hydrogens is 240 g/mol. The summed E-state index contributed by atoms with van der Waals surface area (Å²) in [6.45, 7) is 1.63. The molecule has 0 unspecified atom stereocenters. The molecule has 0 aliphatic carbocycles. The van der Waals surface area contributed by atoms with Gasteiger partial charge in [0.25, 0.3) is 0 Å². The average Bonchev–Trinajstić information content (AvgIpc) is 2.43. The smallest absolute Gasteiger partial charge is 0.222 e. The van der Waals surface area contributed by atoms with E-state index >= 15 is 0 Å². The van der Waals surface area contributed by atoms with Crippen LogP contribution in [-0.4, -0.2) is 38.1 Å². The Morgan fingerprint density at radius 3 is 3.05 bits per heavy atom. The number of anilines is 1. The Morgan fingerprint density at radius 1 is 1.42 bits per heavy atom. The summed E-state index contributed by atoms with van der Waals surface area (Å²) in [4.78, 5) is 13.1. The van der Waals surface area contributed by atoms with E-state index in [4.69, 9.17) is 4.74 Å². The Morgan fingerprint density at radius 2 is 2.26 bits per heavy atom. The van der Waals surface area contributed by atoms with Crippen molar-refractivity contribution in [3.05, 3.63) is 23.8 Å². The summed E-state index contributed by atoms with van der Waals surface area (Å²) in [7, 11) is 3.56. The highest BCUT2D eigenvalue weighted by molar-refractivity contribution is 5.75. The van der Waals surface area contributed by atoms with Crippen LogP contribution in [0.2, 0.25) is 0 Å². The second kappa shape index (κ2) is 6.45. The molecule has 19 heavy (non-hydrogen) atoms. The monoisotopic (exact) mass is 262 g/mol. The molecule has 104 valence electrons. The molecule has 4 nitrogen and oxygen atoms in total. The Kier molecular flexibility index (Phi) is 4.66. The molecule has 0 radical (unpaired) electrons. The number of rotatable bonds is 5. The van der Waals surface area contributed by atoms with Crippen molar-refractivity contribution in [3.8, 4) is 5.75 Å². The van der Waals surface area contributed by atoms with E-state index in [-0.39, 0.29) is 5.91 Å². The standard InChI is InChI=1S/C15H22N2O2/c1-17(2)15(18)9-5-11-19-14-8-3-7-13-12(14)6-4-10-16-13/h3,7-8,16H,4-6,9-11H2,1-2H3. The van der Waals surface area contributed by atoms with Gasteiger partial charge in [-0.15, -0.1) is 0 Å². The lowest BCUT2D eigenvalue weighted by Gasteiger charge is -2.21. The van der Waals surface area contributed by atoms with Crippen molar-refractivity contribution in [2.24, 2.45) is 0 Å². The van der Waals surface area contributed by atoms with Gasteiger partial charge in [-0.25, -0.2) is 0 Å². The van der Waals surface area contributed by atoms with Crippen LogP contribution in [0.15, 0.2) is 18.2 Å². The molecule has 1 aliphatic heterocycles. The third kappa shape index (κ3) is 3.63. The van der Waals surface area contributed by atoms with Crippen LogP contribution >= 0.6 is 0 Å². The molecule has 1 aromatic carbocycles. The zero-order valence-corrected chi connectivity index (χ0v) is 11.7. The Balaban J connectivity index is 1.85. The zero-order valence-electron chi connectivity index (χ0n) is 11.7. The first-order chi connectivity index (χ1) is 9.18. The molecule has 1 aromatic rings. The lowest BCUT2D eigenvalue weighted by atomic mass is 10.0. The highest BCUT2D eigenvalue weighted by atomic mass is 16.5. The molecule has 1 heterocycles. The van der Waals surface area contributed by atoms with E-state index < -0.39 is 0 Å². The summed E-state index contributed by atoms with van der Waals surface area (Å²) in [5.74, 6) is 1.11. The number of hydrogen-bond donors (Lipinski definition) is 1. The molecule has 0 fully saturated rings. The van der Waals surface area contributed by atoms with Gasteiger partial charge < -0.3 is 15.0 Å². The van der Waals surface area contributed by atoms with Crippen LogP contribution in [0.5, 0.6) is 5.75 Å². The predicted octanol–water partition coefficient (Wildman–Crippen LogP) is 2.29. The molecule has 1 aliphatic rings. The van der Waals surface area contributed by atoms with Gasteiger partial charge in [0.2, 0.25) is 5.91 Å². The van der Waals surface area contributed by atoms with Gasteiger partial charge in [-0.05, 0) is 31.4 Å². The largest absolute Gasteiger partial charge is 0.493 e. The maximum Gasteiger partial charge on any atom is 0.222 e. The van der Waals surface area contributed by atoms with Gasteiger partial charge in [-0.1, -0.05) is 6.07 Å². The van der Waals surface area contributed by atoms with E-state index in [0.717, 1.165) is 31.6 Å². The van der Waals surface area contributed by atoms with Gasteiger partial charge in [-0.2, -0.15) is 0 Å². The fourth-order valence-corrected chi connectivity index (χ4v) is 2.24. The quantitative estimate of drug-likeness (QED) is 0.828. The number of nitrogens with one attached hydrogen (secondary N) is 1. The first-order valence-electron chi connectivity index (χ1n) is 6.87. The van der Waals surface area contributed by atoms with Crippen molar-refractivity contribution in [2.45, 2.75) is 25.7 Å². The molecular formula is C15H22N2O2. The number of nitrogens with zero attached hydrogens (tertiary/aromatic N) is 1. The van der Waals surface area contributed by atoms with Crippen LogP contribution in [0.3, 0.4) is 0 Å². The van der Waals surface area contributed by atoms with Crippen molar-refractivity contribution in [2.75, 3.05) is 32.6 Å². The molecule has 2 rings (SSSR count). The first-order valence-corrected chi connectivity index (χ1v) is 6.87. The van der Waals surface area contributed by atoms with Crippen LogP contribution in [0.4, 0.5) is 5.69 Å². The molecule has 1 N–H and O–H groups in total. The van der Waals surface area contributed by atoms with Crippen molar-refractivity contribution < 1.29 is 9.53 Å². The van der Waals surface area contributed by atoms with Crippen molar-refractivity contribution >= 4 is 11.6 Å². The second-order valence-electron chi connectivity index (χ2n) is 5.05. The minimum atomic E-state index is 0.153. The minimum Gasteiger partial charge on any atom is -0.493 e. The lowest BCUT2D eigenvalue weighted by molar-refractivity contribution is -0.128.